The van der Waals surface area contributed by atoms with Crippen molar-refractivity contribution in [3.8, 4) is 0 Å². The maximum atomic E-state index is 12.7. The van der Waals surface area contributed by atoms with Crippen LogP contribution in [0.1, 0.15) is 0 Å². The third kappa shape index (κ3) is 2.51. The Labute approximate surface area is 129 Å². The number of aromatic nitrogens is 2. The Hall–Kier alpha value is -1.95. The Balaban J connectivity index is 1.98. The van der Waals surface area contributed by atoms with Crippen molar-refractivity contribution in [2.45, 2.75) is 24.5 Å². The number of nitrogens with two attached hydrogens (primary N) is 1. The van der Waals surface area contributed by atoms with Crippen LogP contribution in [0, 0.1) is 0 Å². The van der Waals surface area contributed by atoms with E-state index >= 15 is 0 Å². The smallest absolute Gasteiger partial charge is 0.278 e. The molecule has 6 N–H and O–H groups in total. The number of rotatable bonds is 4. The van der Waals surface area contributed by atoms with Crippen molar-refractivity contribution >= 4 is 17.5 Å². The number of hydrogen-bond donors (Lipinski definition) is 5. The number of fused-ring (bicyclic) bond motifs is 1. The summed E-state index contributed by atoms with van der Waals surface area (Å²) in [5.41, 5.74) is 5.14. The number of halogens is 1. The molecule has 4 atom stereocenters. The van der Waals surface area contributed by atoms with Gasteiger partial charge >= 0.3 is 0 Å². The summed E-state index contributed by atoms with van der Waals surface area (Å²) in [4.78, 5) is 21.3. The van der Waals surface area contributed by atoms with Crippen LogP contribution >= 0.6 is 0 Å². The van der Waals surface area contributed by atoms with Gasteiger partial charge in [-0.3, -0.25) is 9.78 Å². The Morgan fingerprint density at radius 3 is 2.78 bits per heavy atom. The van der Waals surface area contributed by atoms with Gasteiger partial charge in [-0.1, -0.05) is 0 Å². The molecule has 0 unspecified atom stereocenters. The molecule has 0 radical (unpaired) electrons. The lowest BCUT2D eigenvalue weighted by molar-refractivity contribution is -0.0222. The van der Waals surface area contributed by atoms with E-state index in [-0.39, 0.29) is 30.7 Å². The molecule has 0 bridgehead atoms. The van der Waals surface area contributed by atoms with Crippen molar-refractivity contribution in [3.63, 3.8) is 0 Å². The summed E-state index contributed by atoms with van der Waals surface area (Å²) in [5, 5.41) is 29.2. The highest BCUT2D eigenvalue weighted by Gasteiger charge is 2.48. The van der Waals surface area contributed by atoms with E-state index in [1.807, 2.05) is 0 Å². The van der Waals surface area contributed by atoms with Crippen LogP contribution in [0.15, 0.2) is 4.79 Å². The number of H-pyrrole nitrogens is 1. The average molecular weight is 331 g/mol. The lowest BCUT2D eigenvalue weighted by Gasteiger charge is -2.28. The minimum Gasteiger partial charge on any atom is -0.394 e. The molecular weight excluding hydrogens is 313 g/mol. The van der Waals surface area contributed by atoms with Gasteiger partial charge in [0.2, 0.25) is 5.95 Å². The predicted octanol–water partition coefficient (Wildman–Crippen LogP) is -2.66. The molecule has 3 rings (SSSR count). The number of ether oxygens (including phenoxy) is 1. The lowest BCUT2D eigenvalue weighted by atomic mass is 10.1. The van der Waals surface area contributed by atoms with Crippen molar-refractivity contribution in [2.24, 2.45) is 0 Å². The van der Waals surface area contributed by atoms with Crippen molar-refractivity contribution in [3.05, 3.63) is 10.4 Å². The summed E-state index contributed by atoms with van der Waals surface area (Å²) in [6.07, 6.45) is -4.62. The summed E-state index contributed by atoms with van der Waals surface area (Å²) in [7, 11) is 0. The first-order valence-corrected chi connectivity index (χ1v) is 7.07. The van der Waals surface area contributed by atoms with E-state index in [0.717, 1.165) is 0 Å². The van der Waals surface area contributed by atoms with E-state index in [2.05, 4.69) is 9.97 Å². The van der Waals surface area contributed by atoms with Crippen LogP contribution < -0.4 is 21.1 Å². The van der Waals surface area contributed by atoms with E-state index in [4.69, 9.17) is 15.6 Å². The SMILES string of the molecule is Nc1nc2c(c(=O)[nH]1)N(CCF)CN2[C@@H]1O[C@H](CO)[C@@H](O)[C@H]1O. The Bertz CT molecular complexity index is 643. The van der Waals surface area contributed by atoms with E-state index in [1.165, 1.54) is 9.80 Å². The Kier molecular flexibility index (Phi) is 4.10. The van der Waals surface area contributed by atoms with Gasteiger partial charge < -0.3 is 35.6 Å². The molecule has 3 heterocycles. The molecule has 0 spiro atoms. The number of aromatic amines is 1. The third-order valence-electron chi connectivity index (χ3n) is 3.98. The van der Waals surface area contributed by atoms with Gasteiger partial charge in [0.25, 0.3) is 5.56 Å². The molecule has 10 nitrogen and oxygen atoms in total. The zero-order valence-corrected chi connectivity index (χ0v) is 12.1. The van der Waals surface area contributed by atoms with Gasteiger partial charge in [0.05, 0.1) is 13.3 Å². The van der Waals surface area contributed by atoms with Gasteiger partial charge in [0, 0.05) is 6.54 Å². The molecular formula is C12H18FN5O5. The predicted molar refractivity (Wildman–Crippen MR) is 77.7 cm³/mol. The van der Waals surface area contributed by atoms with Crippen LogP contribution in [-0.2, 0) is 4.74 Å². The highest BCUT2D eigenvalue weighted by molar-refractivity contribution is 5.73. The summed E-state index contributed by atoms with van der Waals surface area (Å²) >= 11 is 0. The molecule has 1 aromatic rings. The van der Waals surface area contributed by atoms with Gasteiger partial charge in [-0.25, -0.2) is 4.39 Å². The fourth-order valence-electron chi connectivity index (χ4n) is 2.90. The first-order valence-electron chi connectivity index (χ1n) is 7.07. The van der Waals surface area contributed by atoms with E-state index in [9.17, 15) is 19.4 Å². The van der Waals surface area contributed by atoms with Crippen molar-refractivity contribution < 1.29 is 24.4 Å². The maximum Gasteiger partial charge on any atom is 0.278 e. The highest BCUT2D eigenvalue weighted by Crippen LogP contribution is 2.36. The fraction of sp³-hybridized carbons (Fsp3) is 0.667. The zero-order chi connectivity index (χ0) is 16.7. The number of nitrogens with one attached hydrogen (secondary N) is 1. The highest BCUT2D eigenvalue weighted by atomic mass is 19.1. The fourth-order valence-corrected chi connectivity index (χ4v) is 2.90. The first kappa shape index (κ1) is 15.9. The molecule has 1 fully saturated rings. The third-order valence-corrected chi connectivity index (χ3v) is 3.98. The molecule has 0 aliphatic carbocycles. The van der Waals surface area contributed by atoms with Crippen LogP contribution in [0.5, 0.6) is 0 Å². The second-order valence-electron chi connectivity index (χ2n) is 5.42. The van der Waals surface area contributed by atoms with Gasteiger partial charge in [-0.2, -0.15) is 4.98 Å². The van der Waals surface area contributed by atoms with Gasteiger partial charge in [0.1, 0.15) is 30.7 Å². The normalized spacial score (nSPS) is 30.1. The number of aliphatic hydroxyl groups is 3. The molecule has 2 aliphatic rings. The van der Waals surface area contributed by atoms with Crippen molar-refractivity contribution in [1.29, 1.82) is 0 Å². The number of nitrogen functional groups attached to an aromatic ring is 1. The van der Waals surface area contributed by atoms with Crippen LogP contribution in [0.2, 0.25) is 0 Å². The van der Waals surface area contributed by atoms with Gasteiger partial charge in [0.15, 0.2) is 12.0 Å². The largest absolute Gasteiger partial charge is 0.394 e. The number of aliphatic hydroxyl groups excluding tert-OH is 3. The van der Waals surface area contributed by atoms with Crippen LogP contribution in [0.3, 0.4) is 0 Å². The minimum absolute atomic E-state index is 0.0331. The van der Waals surface area contributed by atoms with Gasteiger partial charge in [-0.15, -0.1) is 0 Å². The van der Waals surface area contributed by atoms with Gasteiger partial charge in [-0.05, 0) is 0 Å². The molecule has 23 heavy (non-hydrogen) atoms. The molecule has 11 heteroatoms. The summed E-state index contributed by atoms with van der Waals surface area (Å²) in [6.45, 7) is -1.18. The Morgan fingerprint density at radius 2 is 2.17 bits per heavy atom. The van der Waals surface area contributed by atoms with E-state index < -0.39 is 43.4 Å². The van der Waals surface area contributed by atoms with E-state index in [0.29, 0.717) is 0 Å². The average Bonchev–Trinajstić information content (AvgIpc) is 2.99. The molecule has 0 aromatic carbocycles. The number of hydrogen-bond acceptors (Lipinski definition) is 9. The Morgan fingerprint density at radius 1 is 1.43 bits per heavy atom. The monoisotopic (exact) mass is 331 g/mol. The summed E-state index contributed by atoms with van der Waals surface area (Å²) < 4.78 is 18.2. The standard InChI is InChI=1S/C12H18FN5O5/c13-1-2-17-4-18(9-6(17)10(22)16-12(14)15-9)11-8(21)7(20)5(3-19)23-11/h5,7-8,11,19-21H,1-4H2,(H3,14,15,16,22)/t5-,7-,8-,11-/m1/s1. The first-order chi connectivity index (χ1) is 11.0. The topological polar surface area (TPSA) is 148 Å². The second-order valence-corrected chi connectivity index (χ2v) is 5.42. The lowest BCUT2D eigenvalue weighted by Crippen LogP contribution is -2.46. The number of anilines is 3. The molecule has 2 aliphatic heterocycles. The van der Waals surface area contributed by atoms with Crippen molar-refractivity contribution in [1.82, 2.24) is 9.97 Å². The summed E-state index contributed by atoms with van der Waals surface area (Å²) in [6, 6.07) is 0. The second kappa shape index (κ2) is 5.92. The quantitative estimate of drug-likeness (QED) is 0.399. The zero-order valence-electron chi connectivity index (χ0n) is 12.1. The van der Waals surface area contributed by atoms with E-state index in [1.54, 1.807) is 0 Å². The molecule has 128 valence electrons. The molecule has 1 aromatic heterocycles. The molecule has 1 saturated heterocycles. The molecule has 0 amide bonds. The minimum atomic E-state index is -1.33. The van der Waals surface area contributed by atoms with Crippen molar-refractivity contribution in [2.75, 3.05) is 42.0 Å². The molecule has 0 saturated carbocycles. The van der Waals surface area contributed by atoms with Crippen LogP contribution in [0.25, 0.3) is 0 Å². The van der Waals surface area contributed by atoms with Crippen LogP contribution in [0.4, 0.5) is 21.8 Å². The number of alkyl halides is 1. The maximum absolute atomic E-state index is 12.7. The van der Waals surface area contributed by atoms with Crippen LogP contribution in [-0.4, -0.2) is 76.3 Å². The number of nitrogens with zero attached hydrogens (tertiary/aromatic N) is 3. The summed E-state index contributed by atoms with van der Waals surface area (Å²) in [5.74, 6) is 0.00197.